The standard InChI is InChI=1S/C21H26FN5O2/c1-25(13-20(23)28)11-16-2-3-19-17-4-15(10-27(19)21(16)29)9-26(12-17)8-14-5-18(22)7-24-6-14/h2-3,5-7,15,17H,4,8-13H2,1H3,(H2,23,28)/t15-,17+/m0/s1. The third kappa shape index (κ3) is 4.38. The van der Waals surface area contributed by atoms with Crippen LogP contribution in [0.15, 0.2) is 35.4 Å². The SMILES string of the molecule is CN(CC(N)=O)Cc1ccc2n(c1=O)C[C@H]1C[C@@H]2CN(Cc2cncc(F)c2)C1. The maximum absolute atomic E-state index is 13.4. The molecular formula is C21H26FN5O2. The van der Waals surface area contributed by atoms with Crippen molar-refractivity contribution >= 4 is 5.91 Å². The fourth-order valence-corrected chi connectivity index (χ4v) is 4.75. The van der Waals surface area contributed by atoms with Crippen molar-refractivity contribution in [3.8, 4) is 0 Å². The number of aromatic nitrogens is 2. The van der Waals surface area contributed by atoms with Crippen LogP contribution in [0.2, 0.25) is 0 Å². The highest BCUT2D eigenvalue weighted by Crippen LogP contribution is 2.35. The Hall–Kier alpha value is -2.58. The molecule has 0 unspecified atom stereocenters. The van der Waals surface area contributed by atoms with Crippen LogP contribution in [-0.2, 0) is 24.4 Å². The van der Waals surface area contributed by atoms with E-state index >= 15 is 0 Å². The first-order valence-electron chi connectivity index (χ1n) is 9.90. The number of likely N-dealkylation sites (tertiary alicyclic amines) is 1. The lowest BCUT2D eigenvalue weighted by Crippen LogP contribution is -2.47. The van der Waals surface area contributed by atoms with Crippen molar-refractivity contribution in [2.45, 2.75) is 32.0 Å². The second-order valence-electron chi connectivity index (χ2n) is 8.34. The van der Waals surface area contributed by atoms with E-state index in [2.05, 4.69) is 9.88 Å². The van der Waals surface area contributed by atoms with Gasteiger partial charge in [0.15, 0.2) is 0 Å². The Morgan fingerprint density at radius 1 is 1.31 bits per heavy atom. The van der Waals surface area contributed by atoms with Gasteiger partial charge in [-0.25, -0.2) is 4.39 Å². The van der Waals surface area contributed by atoms with E-state index in [1.165, 1.54) is 12.3 Å². The second kappa shape index (κ2) is 8.04. The van der Waals surface area contributed by atoms with Gasteiger partial charge in [0.25, 0.3) is 5.56 Å². The summed E-state index contributed by atoms with van der Waals surface area (Å²) in [6.07, 6.45) is 3.99. The molecule has 2 aromatic rings. The van der Waals surface area contributed by atoms with Crippen molar-refractivity contribution in [1.82, 2.24) is 19.4 Å². The molecule has 29 heavy (non-hydrogen) atoms. The highest BCUT2D eigenvalue weighted by atomic mass is 19.1. The molecule has 8 heteroatoms. The summed E-state index contributed by atoms with van der Waals surface area (Å²) in [7, 11) is 1.78. The number of hydrogen-bond acceptors (Lipinski definition) is 5. The van der Waals surface area contributed by atoms with Gasteiger partial charge < -0.3 is 10.3 Å². The first-order valence-corrected chi connectivity index (χ1v) is 9.90. The van der Waals surface area contributed by atoms with Crippen LogP contribution >= 0.6 is 0 Å². The number of likely N-dealkylation sites (N-methyl/N-ethyl adjacent to an activating group) is 1. The molecule has 0 aromatic carbocycles. The van der Waals surface area contributed by atoms with E-state index in [-0.39, 0.29) is 23.8 Å². The summed E-state index contributed by atoms with van der Waals surface area (Å²) in [5.41, 5.74) is 7.88. The number of amides is 1. The Bertz CT molecular complexity index is 976. The maximum atomic E-state index is 13.4. The van der Waals surface area contributed by atoms with E-state index in [0.717, 1.165) is 30.8 Å². The third-order valence-electron chi connectivity index (χ3n) is 5.79. The van der Waals surface area contributed by atoms with Gasteiger partial charge in [-0.1, -0.05) is 6.07 Å². The van der Waals surface area contributed by atoms with Gasteiger partial charge in [0, 0.05) is 56.1 Å². The van der Waals surface area contributed by atoms with Crippen LogP contribution in [-0.4, -0.2) is 51.9 Å². The van der Waals surface area contributed by atoms with Crippen LogP contribution in [0.5, 0.6) is 0 Å². The Labute approximate surface area is 168 Å². The molecule has 0 aliphatic carbocycles. The molecular weight excluding hydrogens is 373 g/mol. The van der Waals surface area contributed by atoms with Gasteiger partial charge in [-0.3, -0.25) is 24.4 Å². The number of piperidine rings is 1. The number of nitrogens with zero attached hydrogens (tertiary/aromatic N) is 4. The Kier molecular flexibility index (Phi) is 5.47. The predicted octanol–water partition coefficient (Wildman–Crippen LogP) is 0.919. The van der Waals surface area contributed by atoms with Gasteiger partial charge in [0.1, 0.15) is 5.82 Å². The quantitative estimate of drug-likeness (QED) is 0.781. The summed E-state index contributed by atoms with van der Waals surface area (Å²) in [6.45, 7) is 3.60. The molecule has 2 aliphatic heterocycles. The molecule has 1 saturated heterocycles. The molecule has 7 nitrogen and oxygen atoms in total. The Morgan fingerprint density at radius 3 is 2.90 bits per heavy atom. The highest BCUT2D eigenvalue weighted by Gasteiger charge is 2.35. The number of primary amides is 1. The van der Waals surface area contributed by atoms with E-state index in [0.29, 0.717) is 31.1 Å². The second-order valence-corrected chi connectivity index (χ2v) is 8.34. The molecule has 2 atom stereocenters. The molecule has 4 heterocycles. The fourth-order valence-electron chi connectivity index (χ4n) is 4.75. The zero-order valence-corrected chi connectivity index (χ0v) is 16.6. The lowest BCUT2D eigenvalue weighted by atomic mass is 9.83. The Morgan fingerprint density at radius 2 is 2.14 bits per heavy atom. The summed E-state index contributed by atoms with van der Waals surface area (Å²) < 4.78 is 15.4. The molecule has 2 bridgehead atoms. The topological polar surface area (TPSA) is 84.5 Å². The van der Waals surface area contributed by atoms with Crippen LogP contribution in [0, 0.1) is 11.7 Å². The molecule has 2 N–H and O–H groups in total. The van der Waals surface area contributed by atoms with Crippen LogP contribution < -0.4 is 11.3 Å². The molecule has 1 amide bonds. The Balaban J connectivity index is 1.51. The molecule has 154 valence electrons. The molecule has 0 saturated carbocycles. The summed E-state index contributed by atoms with van der Waals surface area (Å²) in [4.78, 5) is 32.2. The van der Waals surface area contributed by atoms with Crippen LogP contribution in [0.4, 0.5) is 4.39 Å². The van der Waals surface area contributed by atoms with Crippen molar-refractivity contribution in [2.24, 2.45) is 11.7 Å². The van der Waals surface area contributed by atoms with E-state index in [1.54, 1.807) is 18.1 Å². The number of pyridine rings is 2. The summed E-state index contributed by atoms with van der Waals surface area (Å²) in [6, 6.07) is 5.45. The maximum Gasteiger partial charge on any atom is 0.255 e. The number of rotatable bonds is 6. The zero-order chi connectivity index (χ0) is 20.5. The largest absolute Gasteiger partial charge is 0.369 e. The summed E-state index contributed by atoms with van der Waals surface area (Å²) >= 11 is 0. The lowest BCUT2D eigenvalue weighted by Gasteiger charge is -2.43. The fraction of sp³-hybridized carbons (Fsp3) is 0.476. The molecule has 0 radical (unpaired) electrons. The highest BCUT2D eigenvalue weighted by molar-refractivity contribution is 5.75. The van der Waals surface area contributed by atoms with Gasteiger partial charge in [-0.2, -0.15) is 0 Å². The predicted molar refractivity (Wildman–Crippen MR) is 107 cm³/mol. The number of nitrogens with two attached hydrogens (primary N) is 1. The van der Waals surface area contributed by atoms with Crippen LogP contribution in [0.3, 0.4) is 0 Å². The van der Waals surface area contributed by atoms with Gasteiger partial charge in [-0.15, -0.1) is 0 Å². The lowest BCUT2D eigenvalue weighted by molar-refractivity contribution is -0.118. The van der Waals surface area contributed by atoms with Crippen molar-refractivity contribution in [3.63, 3.8) is 0 Å². The molecule has 4 rings (SSSR count). The van der Waals surface area contributed by atoms with Crippen molar-refractivity contribution in [2.75, 3.05) is 26.7 Å². The van der Waals surface area contributed by atoms with Gasteiger partial charge in [0.2, 0.25) is 5.91 Å². The first kappa shape index (κ1) is 19.7. The van der Waals surface area contributed by atoms with Crippen molar-refractivity contribution in [1.29, 1.82) is 0 Å². The van der Waals surface area contributed by atoms with Crippen molar-refractivity contribution < 1.29 is 9.18 Å². The van der Waals surface area contributed by atoms with E-state index in [9.17, 15) is 14.0 Å². The van der Waals surface area contributed by atoms with Crippen molar-refractivity contribution in [3.05, 3.63) is 63.6 Å². The van der Waals surface area contributed by atoms with E-state index in [4.69, 9.17) is 5.73 Å². The third-order valence-corrected chi connectivity index (χ3v) is 5.79. The van der Waals surface area contributed by atoms with Gasteiger partial charge >= 0.3 is 0 Å². The monoisotopic (exact) mass is 399 g/mol. The average Bonchev–Trinajstić information content (AvgIpc) is 2.64. The van der Waals surface area contributed by atoms with E-state index < -0.39 is 5.91 Å². The molecule has 2 aliphatic rings. The minimum Gasteiger partial charge on any atom is -0.369 e. The van der Waals surface area contributed by atoms with Crippen LogP contribution in [0.25, 0.3) is 0 Å². The molecule has 1 fully saturated rings. The number of hydrogen-bond donors (Lipinski definition) is 1. The molecule has 0 spiro atoms. The smallest absolute Gasteiger partial charge is 0.255 e. The minimum absolute atomic E-state index is 0.0244. The van der Waals surface area contributed by atoms with Gasteiger partial charge in [0.05, 0.1) is 12.7 Å². The number of halogens is 1. The van der Waals surface area contributed by atoms with E-state index in [1.807, 2.05) is 16.7 Å². The summed E-state index contributed by atoms with van der Waals surface area (Å²) in [5.74, 6) is -0.0488. The number of fused-ring (bicyclic) bond motifs is 4. The van der Waals surface area contributed by atoms with Gasteiger partial charge in [-0.05, 0) is 37.1 Å². The first-order chi connectivity index (χ1) is 13.9. The number of carbonyl (C=O) groups excluding carboxylic acids is 1. The minimum atomic E-state index is -0.409. The number of carbonyl (C=O) groups is 1. The average molecular weight is 399 g/mol. The zero-order valence-electron chi connectivity index (χ0n) is 16.6. The summed E-state index contributed by atoms with van der Waals surface area (Å²) in [5, 5.41) is 0. The normalized spacial score (nSPS) is 21.2. The van der Waals surface area contributed by atoms with Crippen LogP contribution in [0.1, 0.15) is 29.2 Å². The molecule has 2 aromatic heterocycles.